The molecule has 0 saturated carbocycles. The Morgan fingerprint density at radius 3 is 2.59 bits per heavy atom. The molecule has 140 valence electrons. The highest BCUT2D eigenvalue weighted by Gasteiger charge is 2.13. The molecule has 0 aliphatic heterocycles. The first kappa shape index (κ1) is 18.9. The maximum Gasteiger partial charge on any atom is 0.220 e. The molecule has 0 bridgehead atoms. The molecule has 0 spiro atoms. The molecule has 0 aliphatic rings. The molecule has 1 atom stereocenters. The second-order valence-corrected chi connectivity index (χ2v) is 6.42. The maximum atomic E-state index is 12.1. The van der Waals surface area contributed by atoms with Crippen molar-refractivity contribution in [2.45, 2.75) is 25.9 Å². The minimum absolute atomic E-state index is 0.0527. The van der Waals surface area contributed by atoms with E-state index >= 15 is 0 Å². The van der Waals surface area contributed by atoms with Gasteiger partial charge in [0.2, 0.25) is 5.91 Å². The summed E-state index contributed by atoms with van der Waals surface area (Å²) < 4.78 is 11.2. The van der Waals surface area contributed by atoms with Gasteiger partial charge < -0.3 is 14.5 Å². The first-order valence-corrected chi connectivity index (χ1v) is 9.02. The minimum Gasteiger partial charge on any atom is -0.441 e. The Bertz CT molecular complexity index is 857. The molecule has 0 radical (unpaired) electrons. The predicted octanol–water partition coefficient (Wildman–Crippen LogP) is 4.09. The fourth-order valence-corrected chi connectivity index (χ4v) is 2.80. The Balaban J connectivity index is 1.48. The van der Waals surface area contributed by atoms with E-state index in [1.54, 1.807) is 13.3 Å². The lowest BCUT2D eigenvalue weighted by molar-refractivity contribution is -0.121. The number of aryl methyl sites for hydroxylation is 2. The normalized spacial score (nSPS) is 11.9. The average Bonchev–Trinajstić information content (AvgIpc) is 3.17. The second-order valence-electron chi connectivity index (χ2n) is 6.42. The van der Waals surface area contributed by atoms with E-state index in [2.05, 4.69) is 10.3 Å². The van der Waals surface area contributed by atoms with E-state index in [1.165, 1.54) is 5.56 Å². The van der Waals surface area contributed by atoms with Crippen molar-refractivity contribution in [2.24, 2.45) is 0 Å². The molecule has 1 unspecified atom stereocenters. The van der Waals surface area contributed by atoms with Crippen molar-refractivity contribution in [2.75, 3.05) is 13.7 Å². The molecule has 5 nitrogen and oxygen atoms in total. The highest BCUT2D eigenvalue weighted by molar-refractivity contribution is 5.76. The summed E-state index contributed by atoms with van der Waals surface area (Å²) in [7, 11) is 1.64. The number of aromatic nitrogens is 1. The van der Waals surface area contributed by atoms with Gasteiger partial charge in [-0.2, -0.15) is 0 Å². The molecular formula is C22H24N2O3. The quantitative estimate of drug-likeness (QED) is 0.654. The fraction of sp³-hybridized carbons (Fsp3) is 0.273. The van der Waals surface area contributed by atoms with E-state index < -0.39 is 0 Å². The first-order valence-electron chi connectivity index (χ1n) is 9.02. The van der Waals surface area contributed by atoms with Crippen LogP contribution in [0, 0.1) is 6.92 Å². The standard InChI is InChI=1S/C22H24N2O3/c1-16-8-10-18(11-9-16)20-15-24-22(27-20)13-12-21(25)23-14-19(26-2)17-6-4-3-5-7-17/h3-11,15,19H,12-14H2,1-2H3,(H,23,25). The fourth-order valence-electron chi connectivity index (χ4n) is 2.80. The third-order valence-corrected chi connectivity index (χ3v) is 4.40. The molecular weight excluding hydrogens is 340 g/mol. The number of hydrogen-bond donors (Lipinski definition) is 1. The van der Waals surface area contributed by atoms with Crippen molar-refractivity contribution < 1.29 is 13.9 Å². The Hall–Kier alpha value is -2.92. The molecule has 0 aliphatic carbocycles. The highest BCUT2D eigenvalue weighted by atomic mass is 16.5. The SMILES string of the molecule is COC(CNC(=O)CCc1ncc(-c2ccc(C)cc2)o1)c1ccccc1. The first-order chi connectivity index (χ1) is 13.2. The summed E-state index contributed by atoms with van der Waals surface area (Å²) in [5.74, 6) is 1.23. The summed E-state index contributed by atoms with van der Waals surface area (Å²) in [4.78, 5) is 16.4. The van der Waals surface area contributed by atoms with Crippen LogP contribution in [-0.4, -0.2) is 24.5 Å². The summed E-state index contributed by atoms with van der Waals surface area (Å²) in [5, 5.41) is 2.91. The van der Waals surface area contributed by atoms with Gasteiger partial charge in [-0.15, -0.1) is 0 Å². The van der Waals surface area contributed by atoms with E-state index in [4.69, 9.17) is 9.15 Å². The topological polar surface area (TPSA) is 64.4 Å². The number of nitrogens with one attached hydrogen (secondary N) is 1. The summed E-state index contributed by atoms with van der Waals surface area (Å²) in [6.07, 6.45) is 2.32. The molecule has 0 fully saturated rings. The van der Waals surface area contributed by atoms with Gasteiger partial charge in [-0.05, 0) is 12.5 Å². The van der Waals surface area contributed by atoms with Crippen molar-refractivity contribution in [3.63, 3.8) is 0 Å². The molecule has 3 aromatic rings. The monoisotopic (exact) mass is 364 g/mol. The zero-order valence-corrected chi connectivity index (χ0v) is 15.6. The molecule has 2 aromatic carbocycles. The molecule has 5 heteroatoms. The van der Waals surface area contributed by atoms with Crippen molar-refractivity contribution >= 4 is 5.91 Å². The van der Waals surface area contributed by atoms with Crippen LogP contribution in [0.5, 0.6) is 0 Å². The van der Waals surface area contributed by atoms with Crippen LogP contribution in [0.3, 0.4) is 0 Å². The zero-order valence-electron chi connectivity index (χ0n) is 15.6. The number of amides is 1. The van der Waals surface area contributed by atoms with E-state index in [9.17, 15) is 4.79 Å². The summed E-state index contributed by atoms with van der Waals surface area (Å²) in [6.45, 7) is 2.47. The molecule has 1 aromatic heterocycles. The van der Waals surface area contributed by atoms with E-state index in [1.807, 2.05) is 61.5 Å². The number of carbonyl (C=O) groups excluding carboxylic acids is 1. The third kappa shape index (κ3) is 5.28. The van der Waals surface area contributed by atoms with Gasteiger partial charge in [0, 0.05) is 32.1 Å². The van der Waals surface area contributed by atoms with Crippen LogP contribution in [0.1, 0.15) is 29.5 Å². The van der Waals surface area contributed by atoms with Gasteiger partial charge >= 0.3 is 0 Å². The van der Waals surface area contributed by atoms with Crippen LogP contribution in [0.4, 0.5) is 0 Å². The van der Waals surface area contributed by atoms with Crippen molar-refractivity contribution in [3.8, 4) is 11.3 Å². The number of methoxy groups -OCH3 is 1. The minimum atomic E-state index is -0.162. The second kappa shape index (κ2) is 9.14. The number of benzene rings is 2. The maximum absolute atomic E-state index is 12.1. The van der Waals surface area contributed by atoms with Gasteiger partial charge in [-0.1, -0.05) is 60.2 Å². The number of hydrogen-bond acceptors (Lipinski definition) is 4. The van der Waals surface area contributed by atoms with Crippen LogP contribution in [0.25, 0.3) is 11.3 Å². The van der Waals surface area contributed by atoms with Gasteiger partial charge in [0.1, 0.15) is 0 Å². The van der Waals surface area contributed by atoms with Gasteiger partial charge in [0.25, 0.3) is 0 Å². The van der Waals surface area contributed by atoms with Gasteiger partial charge in [-0.3, -0.25) is 4.79 Å². The van der Waals surface area contributed by atoms with Gasteiger partial charge in [-0.25, -0.2) is 4.98 Å². The number of carbonyl (C=O) groups is 1. The third-order valence-electron chi connectivity index (χ3n) is 4.40. The van der Waals surface area contributed by atoms with E-state index in [0.717, 1.165) is 11.1 Å². The lowest BCUT2D eigenvalue weighted by Gasteiger charge is -2.16. The van der Waals surface area contributed by atoms with Crippen molar-refractivity contribution in [1.82, 2.24) is 10.3 Å². The summed E-state index contributed by atoms with van der Waals surface area (Å²) in [6, 6.07) is 17.9. The molecule has 27 heavy (non-hydrogen) atoms. The number of ether oxygens (including phenoxy) is 1. The highest BCUT2D eigenvalue weighted by Crippen LogP contribution is 2.21. The van der Waals surface area contributed by atoms with Crippen LogP contribution in [0.15, 0.2) is 65.2 Å². The zero-order chi connectivity index (χ0) is 19.1. The number of nitrogens with zero attached hydrogens (tertiary/aromatic N) is 1. The summed E-state index contributed by atoms with van der Waals surface area (Å²) >= 11 is 0. The average molecular weight is 364 g/mol. The Morgan fingerprint density at radius 1 is 1.15 bits per heavy atom. The van der Waals surface area contributed by atoms with Crippen LogP contribution in [0.2, 0.25) is 0 Å². The lowest BCUT2D eigenvalue weighted by atomic mass is 10.1. The molecule has 1 amide bonds. The molecule has 3 rings (SSSR count). The van der Waals surface area contributed by atoms with Crippen LogP contribution in [-0.2, 0) is 16.0 Å². The van der Waals surface area contributed by atoms with Gasteiger partial charge in [0.05, 0.1) is 12.3 Å². The predicted molar refractivity (Wildman–Crippen MR) is 104 cm³/mol. The number of oxazole rings is 1. The van der Waals surface area contributed by atoms with E-state index in [-0.39, 0.29) is 12.0 Å². The molecule has 1 N–H and O–H groups in total. The number of rotatable bonds is 8. The smallest absolute Gasteiger partial charge is 0.220 e. The summed E-state index contributed by atoms with van der Waals surface area (Å²) in [5.41, 5.74) is 3.21. The molecule has 0 saturated heterocycles. The van der Waals surface area contributed by atoms with E-state index in [0.29, 0.717) is 31.0 Å². The van der Waals surface area contributed by atoms with Crippen molar-refractivity contribution in [3.05, 3.63) is 77.8 Å². The molecule has 1 heterocycles. The van der Waals surface area contributed by atoms with Crippen LogP contribution < -0.4 is 5.32 Å². The largest absolute Gasteiger partial charge is 0.441 e. The Kier molecular flexibility index (Phi) is 6.39. The van der Waals surface area contributed by atoms with Gasteiger partial charge in [0.15, 0.2) is 11.7 Å². The van der Waals surface area contributed by atoms with Crippen LogP contribution >= 0.6 is 0 Å². The Labute approximate surface area is 159 Å². The van der Waals surface area contributed by atoms with Crippen molar-refractivity contribution in [1.29, 1.82) is 0 Å². The lowest BCUT2D eigenvalue weighted by Crippen LogP contribution is -2.29. The Morgan fingerprint density at radius 2 is 1.89 bits per heavy atom.